The second kappa shape index (κ2) is 5.97. The lowest BCUT2D eigenvalue weighted by molar-refractivity contribution is -0.121. The van der Waals surface area contributed by atoms with Crippen molar-refractivity contribution in [2.24, 2.45) is 0 Å². The van der Waals surface area contributed by atoms with Gasteiger partial charge in [-0.15, -0.1) is 0 Å². The predicted molar refractivity (Wildman–Crippen MR) is 68.6 cm³/mol. The molecule has 2 rings (SSSR count). The van der Waals surface area contributed by atoms with Crippen LogP contribution < -0.4 is 0 Å². The molecule has 0 aromatic heterocycles. The molecular weight excluding hydrogens is 224 g/mol. The monoisotopic (exact) mass is 238 g/mol. The van der Waals surface area contributed by atoms with E-state index in [-0.39, 0.29) is 0 Å². The third-order valence-corrected chi connectivity index (χ3v) is 2.72. The van der Waals surface area contributed by atoms with E-state index in [1.165, 1.54) is 0 Å². The van der Waals surface area contributed by atoms with Crippen LogP contribution in [-0.2, 0) is 6.54 Å². The first-order chi connectivity index (χ1) is 8.81. The average molecular weight is 238 g/mol. The second-order valence-electron chi connectivity index (χ2n) is 4.03. The highest BCUT2D eigenvalue weighted by molar-refractivity contribution is 5.24. The van der Waals surface area contributed by atoms with E-state index < -0.39 is 6.04 Å². The molecule has 3 heteroatoms. The summed E-state index contributed by atoms with van der Waals surface area (Å²) in [5, 5.41) is 20.3. The molecule has 2 aromatic carbocycles. The van der Waals surface area contributed by atoms with E-state index >= 15 is 0 Å². The molecule has 0 amide bonds. The van der Waals surface area contributed by atoms with Gasteiger partial charge in [0.15, 0.2) is 0 Å². The van der Waals surface area contributed by atoms with E-state index in [0.29, 0.717) is 6.54 Å². The van der Waals surface area contributed by atoms with Crippen molar-refractivity contribution >= 4 is 0 Å². The van der Waals surface area contributed by atoms with Crippen molar-refractivity contribution in [1.82, 2.24) is 5.06 Å². The lowest BCUT2D eigenvalue weighted by Gasteiger charge is -2.20. The van der Waals surface area contributed by atoms with Gasteiger partial charge in [0, 0.05) is 0 Å². The Morgan fingerprint density at radius 2 is 1.56 bits per heavy atom. The molecule has 0 aliphatic carbocycles. The summed E-state index contributed by atoms with van der Waals surface area (Å²) in [5.41, 5.74) is 1.76. The van der Waals surface area contributed by atoms with Crippen LogP contribution in [-0.4, -0.2) is 10.3 Å². The van der Waals surface area contributed by atoms with Crippen molar-refractivity contribution in [3.63, 3.8) is 0 Å². The minimum Gasteiger partial charge on any atom is -0.312 e. The van der Waals surface area contributed by atoms with Crippen molar-refractivity contribution in [2.75, 3.05) is 0 Å². The van der Waals surface area contributed by atoms with Gasteiger partial charge in [-0.2, -0.15) is 10.3 Å². The van der Waals surface area contributed by atoms with Gasteiger partial charge in [-0.25, -0.2) is 0 Å². The number of hydrogen-bond donors (Lipinski definition) is 1. The zero-order valence-corrected chi connectivity index (χ0v) is 9.90. The Kier molecular flexibility index (Phi) is 4.08. The van der Waals surface area contributed by atoms with Gasteiger partial charge in [0.25, 0.3) is 0 Å². The SMILES string of the molecule is N#C[C@H](c1ccccc1)N(O)Cc1ccccc1. The van der Waals surface area contributed by atoms with E-state index in [1.807, 2.05) is 60.7 Å². The first kappa shape index (κ1) is 12.3. The van der Waals surface area contributed by atoms with Gasteiger partial charge in [0.2, 0.25) is 0 Å². The van der Waals surface area contributed by atoms with Gasteiger partial charge in [-0.3, -0.25) is 0 Å². The number of hydrogen-bond acceptors (Lipinski definition) is 3. The summed E-state index contributed by atoms with van der Waals surface area (Å²) >= 11 is 0. The van der Waals surface area contributed by atoms with Crippen LogP contribution in [0.3, 0.4) is 0 Å². The van der Waals surface area contributed by atoms with Crippen LogP contribution >= 0.6 is 0 Å². The summed E-state index contributed by atoms with van der Waals surface area (Å²) in [6.45, 7) is 0.327. The Balaban J connectivity index is 2.12. The molecule has 18 heavy (non-hydrogen) atoms. The maximum absolute atomic E-state index is 10.0. The quantitative estimate of drug-likeness (QED) is 0.832. The Morgan fingerprint density at radius 3 is 2.11 bits per heavy atom. The third-order valence-electron chi connectivity index (χ3n) is 2.72. The third kappa shape index (κ3) is 2.95. The molecule has 0 spiro atoms. The van der Waals surface area contributed by atoms with E-state index in [0.717, 1.165) is 16.2 Å². The van der Waals surface area contributed by atoms with Crippen LogP contribution in [0.4, 0.5) is 0 Å². The lowest BCUT2D eigenvalue weighted by Crippen LogP contribution is -2.23. The second-order valence-corrected chi connectivity index (χ2v) is 4.03. The van der Waals surface area contributed by atoms with Crippen LogP contribution in [0.5, 0.6) is 0 Å². The summed E-state index contributed by atoms with van der Waals surface area (Å²) < 4.78 is 0. The lowest BCUT2D eigenvalue weighted by atomic mass is 10.1. The standard InChI is InChI=1S/C15H14N2O/c16-11-15(14-9-5-2-6-10-14)17(18)12-13-7-3-1-4-8-13/h1-10,15,18H,12H2/t15-/m1/s1. The van der Waals surface area contributed by atoms with Crippen molar-refractivity contribution < 1.29 is 5.21 Å². The molecule has 0 heterocycles. The number of rotatable bonds is 4. The average Bonchev–Trinajstić information content (AvgIpc) is 2.42. The molecular formula is C15H14N2O. The van der Waals surface area contributed by atoms with E-state index in [2.05, 4.69) is 6.07 Å². The van der Waals surface area contributed by atoms with Crippen LogP contribution in [0.2, 0.25) is 0 Å². The fourth-order valence-electron chi connectivity index (χ4n) is 1.81. The molecule has 0 aliphatic rings. The van der Waals surface area contributed by atoms with E-state index in [4.69, 9.17) is 0 Å². The topological polar surface area (TPSA) is 47.3 Å². The predicted octanol–water partition coefficient (Wildman–Crippen LogP) is 3.14. The first-order valence-corrected chi connectivity index (χ1v) is 5.75. The molecule has 3 nitrogen and oxygen atoms in total. The molecule has 0 fully saturated rings. The Labute approximate surface area is 106 Å². The van der Waals surface area contributed by atoms with Crippen LogP contribution in [0.15, 0.2) is 60.7 Å². The summed E-state index contributed by atoms with van der Waals surface area (Å²) in [5.74, 6) is 0. The van der Waals surface area contributed by atoms with Gasteiger partial charge in [0.05, 0.1) is 12.6 Å². The summed E-state index contributed by atoms with van der Waals surface area (Å²) in [4.78, 5) is 0. The molecule has 0 unspecified atom stereocenters. The molecule has 1 atom stereocenters. The molecule has 0 saturated heterocycles. The molecule has 0 saturated carbocycles. The molecule has 1 N–H and O–H groups in total. The van der Waals surface area contributed by atoms with E-state index in [9.17, 15) is 10.5 Å². The van der Waals surface area contributed by atoms with Gasteiger partial charge in [0.1, 0.15) is 6.04 Å². The van der Waals surface area contributed by atoms with Crippen molar-refractivity contribution in [3.05, 3.63) is 71.8 Å². The van der Waals surface area contributed by atoms with Gasteiger partial charge < -0.3 is 5.21 Å². The van der Waals surface area contributed by atoms with Crippen LogP contribution in [0.25, 0.3) is 0 Å². The normalized spacial score (nSPS) is 12.1. The molecule has 0 radical (unpaired) electrons. The maximum Gasteiger partial charge on any atom is 0.147 e. The maximum atomic E-state index is 10.0. The Hall–Kier alpha value is -2.15. The van der Waals surface area contributed by atoms with Crippen molar-refractivity contribution in [1.29, 1.82) is 5.26 Å². The zero-order chi connectivity index (χ0) is 12.8. The largest absolute Gasteiger partial charge is 0.312 e. The summed E-state index contributed by atoms with van der Waals surface area (Å²) in [6.07, 6.45) is 0. The number of benzene rings is 2. The highest BCUT2D eigenvalue weighted by Gasteiger charge is 2.17. The minimum atomic E-state index is -0.647. The highest BCUT2D eigenvalue weighted by atomic mass is 16.5. The smallest absolute Gasteiger partial charge is 0.147 e. The molecule has 2 aromatic rings. The summed E-state index contributed by atoms with van der Waals surface area (Å²) in [6, 6.07) is 20.3. The first-order valence-electron chi connectivity index (χ1n) is 5.75. The molecule has 0 aliphatic heterocycles. The minimum absolute atomic E-state index is 0.327. The van der Waals surface area contributed by atoms with Crippen molar-refractivity contribution in [3.8, 4) is 6.07 Å². The number of nitrogens with zero attached hydrogens (tertiary/aromatic N) is 2. The Morgan fingerprint density at radius 1 is 1.00 bits per heavy atom. The van der Waals surface area contributed by atoms with Gasteiger partial charge >= 0.3 is 0 Å². The summed E-state index contributed by atoms with van der Waals surface area (Å²) in [7, 11) is 0. The van der Waals surface area contributed by atoms with Gasteiger partial charge in [-0.05, 0) is 11.1 Å². The molecule has 90 valence electrons. The fraction of sp³-hybridized carbons (Fsp3) is 0.133. The molecule has 0 bridgehead atoms. The van der Waals surface area contributed by atoms with Gasteiger partial charge in [-0.1, -0.05) is 60.7 Å². The highest BCUT2D eigenvalue weighted by Crippen LogP contribution is 2.19. The van der Waals surface area contributed by atoms with Crippen LogP contribution in [0.1, 0.15) is 17.2 Å². The zero-order valence-electron chi connectivity index (χ0n) is 9.90. The fourth-order valence-corrected chi connectivity index (χ4v) is 1.81. The van der Waals surface area contributed by atoms with E-state index in [1.54, 1.807) is 0 Å². The Bertz CT molecular complexity index is 519. The number of hydroxylamine groups is 2. The number of nitriles is 1. The van der Waals surface area contributed by atoms with Crippen molar-refractivity contribution in [2.45, 2.75) is 12.6 Å². The van der Waals surface area contributed by atoms with Crippen LogP contribution in [0, 0.1) is 11.3 Å².